The summed E-state index contributed by atoms with van der Waals surface area (Å²) in [5.74, 6) is 1.61. The summed E-state index contributed by atoms with van der Waals surface area (Å²) in [6, 6.07) is 5.72. The van der Waals surface area contributed by atoms with Crippen LogP contribution in [0.2, 0.25) is 0 Å². The molecule has 0 radical (unpaired) electrons. The minimum Gasteiger partial charge on any atom is -0.497 e. The molecule has 2 rings (SSSR count). The number of carbonyl (C=O) groups excluding carboxylic acids is 1. The Balaban J connectivity index is 1.97. The Morgan fingerprint density at radius 1 is 1.33 bits per heavy atom. The molecule has 2 atom stereocenters. The highest BCUT2D eigenvalue weighted by molar-refractivity contribution is 5.78. The molecular formula is C16H24N2O3. The summed E-state index contributed by atoms with van der Waals surface area (Å²) in [7, 11) is 3.24. The molecule has 1 aromatic rings. The number of nitrogens with one attached hydrogen (secondary N) is 1. The Bertz CT molecular complexity index is 490. The van der Waals surface area contributed by atoms with Crippen LogP contribution >= 0.6 is 0 Å². The molecule has 1 aliphatic rings. The molecule has 5 heteroatoms. The van der Waals surface area contributed by atoms with Gasteiger partial charge in [-0.15, -0.1) is 0 Å². The first kappa shape index (κ1) is 15.6. The van der Waals surface area contributed by atoms with Crippen molar-refractivity contribution < 1.29 is 14.3 Å². The molecule has 1 amide bonds. The van der Waals surface area contributed by atoms with Gasteiger partial charge in [-0.25, -0.2) is 0 Å². The lowest BCUT2D eigenvalue weighted by Gasteiger charge is -2.25. The van der Waals surface area contributed by atoms with E-state index in [0.29, 0.717) is 6.54 Å². The number of benzene rings is 1. The van der Waals surface area contributed by atoms with Crippen molar-refractivity contribution in [3.63, 3.8) is 0 Å². The zero-order valence-corrected chi connectivity index (χ0v) is 12.7. The van der Waals surface area contributed by atoms with Crippen LogP contribution < -0.4 is 20.5 Å². The van der Waals surface area contributed by atoms with Crippen LogP contribution in [0.5, 0.6) is 11.5 Å². The quantitative estimate of drug-likeness (QED) is 0.868. The lowest BCUT2D eigenvalue weighted by Crippen LogP contribution is -2.37. The maximum absolute atomic E-state index is 12.2. The average molecular weight is 292 g/mol. The number of carbonyl (C=O) groups is 1. The smallest absolute Gasteiger partial charge is 0.223 e. The summed E-state index contributed by atoms with van der Waals surface area (Å²) < 4.78 is 10.5. The van der Waals surface area contributed by atoms with E-state index in [9.17, 15) is 4.79 Å². The van der Waals surface area contributed by atoms with Gasteiger partial charge in [0, 0.05) is 24.1 Å². The maximum Gasteiger partial charge on any atom is 0.223 e. The van der Waals surface area contributed by atoms with Gasteiger partial charge in [0.2, 0.25) is 5.91 Å². The minimum atomic E-state index is 0.0327. The zero-order chi connectivity index (χ0) is 15.2. The summed E-state index contributed by atoms with van der Waals surface area (Å²) in [6.45, 7) is 0.435. The highest BCUT2D eigenvalue weighted by Gasteiger charge is 2.25. The van der Waals surface area contributed by atoms with Gasteiger partial charge in [-0.1, -0.05) is 6.42 Å². The highest BCUT2D eigenvalue weighted by atomic mass is 16.5. The highest BCUT2D eigenvalue weighted by Crippen LogP contribution is 2.25. The molecule has 0 aliphatic heterocycles. The van der Waals surface area contributed by atoms with E-state index >= 15 is 0 Å². The number of hydrogen-bond acceptors (Lipinski definition) is 4. The van der Waals surface area contributed by atoms with Crippen molar-refractivity contribution in [1.29, 1.82) is 0 Å². The molecule has 0 aromatic heterocycles. The Kier molecular flexibility index (Phi) is 5.44. The molecule has 0 saturated heterocycles. The largest absolute Gasteiger partial charge is 0.497 e. The Labute approximate surface area is 125 Å². The third kappa shape index (κ3) is 4.11. The number of methoxy groups -OCH3 is 2. The van der Waals surface area contributed by atoms with Crippen molar-refractivity contribution in [2.24, 2.45) is 11.7 Å². The van der Waals surface area contributed by atoms with Crippen LogP contribution in [0.25, 0.3) is 0 Å². The van der Waals surface area contributed by atoms with Gasteiger partial charge in [0.15, 0.2) is 0 Å². The zero-order valence-electron chi connectivity index (χ0n) is 12.7. The molecule has 3 N–H and O–H groups in total. The molecular weight excluding hydrogens is 268 g/mol. The first-order chi connectivity index (χ1) is 10.1. The molecule has 21 heavy (non-hydrogen) atoms. The van der Waals surface area contributed by atoms with Crippen molar-refractivity contribution >= 4 is 5.91 Å². The Morgan fingerprint density at radius 3 is 2.81 bits per heavy atom. The van der Waals surface area contributed by atoms with Crippen LogP contribution in [0, 0.1) is 5.92 Å². The van der Waals surface area contributed by atoms with Crippen molar-refractivity contribution in [1.82, 2.24) is 5.32 Å². The van der Waals surface area contributed by atoms with Crippen molar-refractivity contribution in [3.8, 4) is 11.5 Å². The van der Waals surface area contributed by atoms with E-state index in [1.165, 1.54) is 0 Å². The van der Waals surface area contributed by atoms with Gasteiger partial charge in [0.05, 0.1) is 14.2 Å². The van der Waals surface area contributed by atoms with Gasteiger partial charge < -0.3 is 20.5 Å². The SMILES string of the molecule is COc1ccc(OC)c(CNC(=O)C2CCCC(N)C2)c1. The van der Waals surface area contributed by atoms with Crippen molar-refractivity contribution in [2.75, 3.05) is 14.2 Å². The first-order valence-electron chi connectivity index (χ1n) is 7.38. The van der Waals surface area contributed by atoms with Crippen LogP contribution in [0.3, 0.4) is 0 Å². The number of amides is 1. The Hall–Kier alpha value is -1.75. The number of rotatable bonds is 5. The van der Waals surface area contributed by atoms with E-state index in [-0.39, 0.29) is 17.9 Å². The average Bonchev–Trinajstić information content (AvgIpc) is 2.52. The molecule has 1 saturated carbocycles. The molecule has 1 aliphatic carbocycles. The lowest BCUT2D eigenvalue weighted by molar-refractivity contribution is -0.126. The van der Waals surface area contributed by atoms with E-state index in [1.54, 1.807) is 14.2 Å². The van der Waals surface area contributed by atoms with Gasteiger partial charge in [0.25, 0.3) is 0 Å². The molecule has 0 spiro atoms. The molecule has 5 nitrogen and oxygen atoms in total. The van der Waals surface area contributed by atoms with E-state index in [4.69, 9.17) is 15.2 Å². The standard InChI is InChI=1S/C16H24N2O3/c1-20-14-6-7-15(21-2)12(9-14)10-18-16(19)11-4-3-5-13(17)8-11/h6-7,9,11,13H,3-5,8,10,17H2,1-2H3,(H,18,19). The maximum atomic E-state index is 12.2. The molecule has 1 aromatic carbocycles. The van der Waals surface area contributed by atoms with E-state index in [2.05, 4.69) is 5.32 Å². The molecule has 116 valence electrons. The summed E-state index contributed by atoms with van der Waals surface area (Å²) in [6.07, 6.45) is 3.76. The second-order valence-corrected chi connectivity index (χ2v) is 5.52. The van der Waals surface area contributed by atoms with E-state index in [0.717, 1.165) is 42.7 Å². The predicted octanol–water partition coefficient (Wildman–Crippen LogP) is 1.84. The monoisotopic (exact) mass is 292 g/mol. The van der Waals surface area contributed by atoms with E-state index < -0.39 is 0 Å². The fourth-order valence-electron chi connectivity index (χ4n) is 2.81. The van der Waals surface area contributed by atoms with Crippen molar-refractivity contribution in [2.45, 2.75) is 38.3 Å². The number of ether oxygens (including phenoxy) is 2. The fraction of sp³-hybridized carbons (Fsp3) is 0.562. The first-order valence-corrected chi connectivity index (χ1v) is 7.38. The van der Waals surface area contributed by atoms with Gasteiger partial charge in [-0.3, -0.25) is 4.79 Å². The summed E-state index contributed by atoms with van der Waals surface area (Å²) in [5, 5.41) is 2.99. The summed E-state index contributed by atoms with van der Waals surface area (Å²) in [4.78, 5) is 12.2. The van der Waals surface area contributed by atoms with Crippen LogP contribution in [-0.4, -0.2) is 26.2 Å². The van der Waals surface area contributed by atoms with E-state index in [1.807, 2.05) is 18.2 Å². The van der Waals surface area contributed by atoms with Crippen LogP contribution in [0.15, 0.2) is 18.2 Å². The second kappa shape index (κ2) is 7.31. The van der Waals surface area contributed by atoms with Crippen LogP contribution in [-0.2, 0) is 11.3 Å². The van der Waals surface area contributed by atoms with Gasteiger partial charge >= 0.3 is 0 Å². The third-order valence-electron chi connectivity index (χ3n) is 4.03. The Morgan fingerprint density at radius 2 is 2.14 bits per heavy atom. The topological polar surface area (TPSA) is 73.6 Å². The van der Waals surface area contributed by atoms with Gasteiger partial charge in [0.1, 0.15) is 11.5 Å². The van der Waals surface area contributed by atoms with Gasteiger partial charge in [-0.2, -0.15) is 0 Å². The van der Waals surface area contributed by atoms with Crippen LogP contribution in [0.1, 0.15) is 31.2 Å². The van der Waals surface area contributed by atoms with Gasteiger partial charge in [-0.05, 0) is 37.5 Å². The molecule has 1 fully saturated rings. The second-order valence-electron chi connectivity index (χ2n) is 5.52. The minimum absolute atomic E-state index is 0.0327. The fourth-order valence-corrected chi connectivity index (χ4v) is 2.81. The summed E-state index contributed by atoms with van der Waals surface area (Å²) >= 11 is 0. The molecule has 0 bridgehead atoms. The number of hydrogen-bond donors (Lipinski definition) is 2. The number of nitrogens with two attached hydrogens (primary N) is 1. The predicted molar refractivity (Wildman–Crippen MR) is 81.3 cm³/mol. The van der Waals surface area contributed by atoms with Crippen LogP contribution in [0.4, 0.5) is 0 Å². The molecule has 0 heterocycles. The van der Waals surface area contributed by atoms with Crippen molar-refractivity contribution in [3.05, 3.63) is 23.8 Å². The third-order valence-corrected chi connectivity index (χ3v) is 4.03. The molecule has 2 unspecified atom stereocenters. The summed E-state index contributed by atoms with van der Waals surface area (Å²) in [5.41, 5.74) is 6.84. The lowest BCUT2D eigenvalue weighted by atomic mass is 9.85. The normalized spacial score (nSPS) is 21.7.